The van der Waals surface area contributed by atoms with Crippen molar-refractivity contribution < 1.29 is 14.3 Å². The number of halogens is 1. The number of rotatable bonds is 10. The highest BCUT2D eigenvalue weighted by atomic mass is 127. The first-order valence-corrected chi connectivity index (χ1v) is 11.9. The second kappa shape index (κ2) is 15.3. The number of aliphatic imine (C=N–C) groups is 1. The van der Waals surface area contributed by atoms with Crippen LogP contribution in [0, 0.1) is 0 Å². The summed E-state index contributed by atoms with van der Waals surface area (Å²) < 4.78 is 10.9. The maximum atomic E-state index is 12.4. The molecule has 33 heavy (non-hydrogen) atoms. The molecule has 1 N–H and O–H groups in total. The van der Waals surface area contributed by atoms with Crippen LogP contribution in [0.1, 0.15) is 31.7 Å². The highest BCUT2D eigenvalue weighted by molar-refractivity contribution is 14.0. The molecule has 0 unspecified atom stereocenters. The lowest BCUT2D eigenvalue weighted by atomic mass is 10.2. The minimum Gasteiger partial charge on any atom is -0.493 e. The zero-order valence-electron chi connectivity index (χ0n) is 20.1. The molecule has 0 saturated carbocycles. The Balaban J connectivity index is 0.00000385. The number of likely N-dealkylation sites (tertiary alicyclic amines) is 1. The Morgan fingerprint density at radius 2 is 1.82 bits per heavy atom. The number of piperazine rings is 1. The van der Waals surface area contributed by atoms with E-state index in [9.17, 15) is 4.79 Å². The van der Waals surface area contributed by atoms with Gasteiger partial charge >= 0.3 is 0 Å². The summed E-state index contributed by atoms with van der Waals surface area (Å²) in [4.78, 5) is 23.9. The van der Waals surface area contributed by atoms with E-state index in [0.717, 1.165) is 82.3 Å². The number of amides is 1. The number of hydrogen-bond donors (Lipinski definition) is 1. The molecule has 0 radical (unpaired) electrons. The summed E-state index contributed by atoms with van der Waals surface area (Å²) >= 11 is 0. The molecule has 0 spiro atoms. The average Bonchev–Trinajstić information content (AvgIpc) is 3.36. The first-order valence-electron chi connectivity index (χ1n) is 11.9. The van der Waals surface area contributed by atoms with Crippen LogP contribution in [0.5, 0.6) is 5.75 Å². The van der Waals surface area contributed by atoms with Gasteiger partial charge in [-0.15, -0.1) is 24.0 Å². The molecule has 2 aliphatic heterocycles. The summed E-state index contributed by atoms with van der Waals surface area (Å²) in [6, 6.07) is 8.13. The van der Waals surface area contributed by atoms with Gasteiger partial charge in [-0.05, 0) is 37.5 Å². The second-order valence-electron chi connectivity index (χ2n) is 8.36. The lowest BCUT2D eigenvalue weighted by Gasteiger charge is -2.36. The van der Waals surface area contributed by atoms with E-state index in [0.29, 0.717) is 26.3 Å². The van der Waals surface area contributed by atoms with Crippen molar-refractivity contribution in [3.63, 3.8) is 0 Å². The largest absolute Gasteiger partial charge is 0.493 e. The van der Waals surface area contributed by atoms with E-state index in [2.05, 4.69) is 34.2 Å². The van der Waals surface area contributed by atoms with Gasteiger partial charge in [0.25, 0.3) is 0 Å². The lowest BCUT2D eigenvalue weighted by molar-refractivity contribution is -0.131. The van der Waals surface area contributed by atoms with Crippen molar-refractivity contribution in [2.45, 2.75) is 32.7 Å². The number of methoxy groups -OCH3 is 1. The van der Waals surface area contributed by atoms with Crippen LogP contribution in [0.2, 0.25) is 0 Å². The third kappa shape index (κ3) is 9.29. The van der Waals surface area contributed by atoms with E-state index in [1.165, 1.54) is 0 Å². The number of ether oxygens (including phenoxy) is 2. The first kappa shape index (κ1) is 27.7. The van der Waals surface area contributed by atoms with Crippen LogP contribution in [0.4, 0.5) is 0 Å². The molecular weight excluding hydrogens is 533 g/mol. The number of benzene rings is 1. The average molecular weight is 574 g/mol. The number of nitrogens with one attached hydrogen (secondary N) is 1. The van der Waals surface area contributed by atoms with E-state index in [-0.39, 0.29) is 29.9 Å². The van der Waals surface area contributed by atoms with E-state index < -0.39 is 0 Å². The van der Waals surface area contributed by atoms with Crippen LogP contribution >= 0.6 is 24.0 Å². The topological polar surface area (TPSA) is 69.6 Å². The van der Waals surface area contributed by atoms with Gasteiger partial charge in [0.1, 0.15) is 5.75 Å². The summed E-state index contributed by atoms with van der Waals surface area (Å²) in [6.07, 6.45) is 3.16. The third-order valence-corrected chi connectivity index (χ3v) is 5.90. The molecule has 2 aliphatic rings. The fourth-order valence-electron chi connectivity index (χ4n) is 4.09. The minimum atomic E-state index is 0. The maximum absolute atomic E-state index is 12.4. The SMILES string of the molecule is CCNC(=NCc1cccc(OCCCOC)c1)N1CCN(CC(=O)N2CCCC2)CC1.I. The van der Waals surface area contributed by atoms with Crippen molar-refractivity contribution in [2.75, 3.05) is 72.7 Å². The molecule has 0 aromatic heterocycles. The quantitative estimate of drug-likeness (QED) is 0.201. The van der Waals surface area contributed by atoms with Crippen molar-refractivity contribution in [1.29, 1.82) is 0 Å². The van der Waals surface area contributed by atoms with Gasteiger partial charge in [0, 0.05) is 66.0 Å². The molecule has 1 amide bonds. The number of guanidine groups is 1. The summed E-state index contributed by atoms with van der Waals surface area (Å²) in [5.41, 5.74) is 1.12. The molecule has 3 rings (SSSR count). The summed E-state index contributed by atoms with van der Waals surface area (Å²) in [5.74, 6) is 2.08. The molecule has 0 atom stereocenters. The molecule has 186 valence electrons. The van der Waals surface area contributed by atoms with Crippen molar-refractivity contribution in [1.82, 2.24) is 20.0 Å². The molecule has 2 fully saturated rings. The molecule has 0 bridgehead atoms. The Kier molecular flexibility index (Phi) is 12.9. The van der Waals surface area contributed by atoms with Gasteiger partial charge in [0.05, 0.1) is 19.7 Å². The Morgan fingerprint density at radius 3 is 2.52 bits per heavy atom. The molecule has 9 heteroatoms. The fraction of sp³-hybridized carbons (Fsp3) is 0.667. The van der Waals surface area contributed by atoms with Gasteiger partial charge in [-0.3, -0.25) is 9.69 Å². The summed E-state index contributed by atoms with van der Waals surface area (Å²) in [6.45, 7) is 10.8. The van der Waals surface area contributed by atoms with Gasteiger partial charge in [0.2, 0.25) is 5.91 Å². The molecule has 8 nitrogen and oxygen atoms in total. The van der Waals surface area contributed by atoms with E-state index in [1.807, 2.05) is 17.0 Å². The number of carbonyl (C=O) groups is 1. The lowest BCUT2D eigenvalue weighted by Crippen LogP contribution is -2.54. The standard InChI is InChI=1S/C24H39N5O3.HI/c1-3-25-24(26-19-21-8-6-9-22(18-21)32-17-7-16-31-2)29-14-12-27(13-15-29)20-23(30)28-10-4-5-11-28;/h6,8-9,18H,3-5,7,10-17,19-20H2,1-2H3,(H,25,26);1H. The Hall–Kier alpha value is -1.59. The van der Waals surface area contributed by atoms with Gasteiger partial charge in [0.15, 0.2) is 5.96 Å². The zero-order valence-corrected chi connectivity index (χ0v) is 22.5. The highest BCUT2D eigenvalue weighted by Crippen LogP contribution is 2.15. The zero-order chi connectivity index (χ0) is 22.6. The summed E-state index contributed by atoms with van der Waals surface area (Å²) in [5, 5.41) is 3.42. The monoisotopic (exact) mass is 573 g/mol. The van der Waals surface area contributed by atoms with Crippen LogP contribution in [-0.2, 0) is 16.1 Å². The predicted octanol–water partition coefficient (Wildman–Crippen LogP) is 2.43. The van der Waals surface area contributed by atoms with Gasteiger partial charge < -0.3 is 24.6 Å². The fourth-order valence-corrected chi connectivity index (χ4v) is 4.09. The molecule has 0 aliphatic carbocycles. The maximum Gasteiger partial charge on any atom is 0.236 e. The Morgan fingerprint density at radius 1 is 1.06 bits per heavy atom. The normalized spacial score (nSPS) is 17.1. The number of carbonyl (C=O) groups excluding carboxylic acids is 1. The molecule has 2 saturated heterocycles. The molecule has 1 aromatic carbocycles. The Bertz CT molecular complexity index is 735. The number of nitrogens with zero attached hydrogens (tertiary/aromatic N) is 4. The third-order valence-electron chi connectivity index (χ3n) is 5.90. The Labute approximate surface area is 215 Å². The molecular formula is C24H40IN5O3. The predicted molar refractivity (Wildman–Crippen MR) is 142 cm³/mol. The number of hydrogen-bond acceptors (Lipinski definition) is 5. The second-order valence-corrected chi connectivity index (χ2v) is 8.36. The summed E-state index contributed by atoms with van der Waals surface area (Å²) in [7, 11) is 1.70. The van der Waals surface area contributed by atoms with Crippen LogP contribution in [0.25, 0.3) is 0 Å². The van der Waals surface area contributed by atoms with E-state index in [4.69, 9.17) is 14.5 Å². The van der Waals surface area contributed by atoms with Crippen LogP contribution in [0.15, 0.2) is 29.3 Å². The van der Waals surface area contributed by atoms with Crippen molar-refractivity contribution in [3.05, 3.63) is 29.8 Å². The van der Waals surface area contributed by atoms with Gasteiger partial charge in [-0.2, -0.15) is 0 Å². The van der Waals surface area contributed by atoms with E-state index in [1.54, 1.807) is 7.11 Å². The molecule has 1 aromatic rings. The van der Waals surface area contributed by atoms with Crippen molar-refractivity contribution in [2.24, 2.45) is 4.99 Å². The van der Waals surface area contributed by atoms with Crippen molar-refractivity contribution >= 4 is 35.8 Å². The van der Waals surface area contributed by atoms with Crippen LogP contribution in [-0.4, -0.2) is 99.2 Å². The van der Waals surface area contributed by atoms with Gasteiger partial charge in [-0.25, -0.2) is 4.99 Å². The van der Waals surface area contributed by atoms with Crippen molar-refractivity contribution in [3.8, 4) is 5.75 Å². The highest BCUT2D eigenvalue weighted by Gasteiger charge is 2.24. The first-order chi connectivity index (χ1) is 15.7. The molecule has 2 heterocycles. The van der Waals surface area contributed by atoms with Gasteiger partial charge in [-0.1, -0.05) is 12.1 Å². The van der Waals surface area contributed by atoms with Crippen LogP contribution < -0.4 is 10.1 Å². The smallest absolute Gasteiger partial charge is 0.236 e. The van der Waals surface area contributed by atoms with Crippen LogP contribution in [0.3, 0.4) is 0 Å². The van der Waals surface area contributed by atoms with E-state index >= 15 is 0 Å². The minimum absolute atomic E-state index is 0.